The third-order valence-corrected chi connectivity index (χ3v) is 3.44. The van der Waals surface area contributed by atoms with Crippen molar-refractivity contribution in [2.45, 2.75) is 6.10 Å². The summed E-state index contributed by atoms with van der Waals surface area (Å²) >= 11 is 0. The molecule has 3 aromatic rings. The number of nitrogens with zero attached hydrogens (tertiary/aromatic N) is 2. The average Bonchev–Trinajstić information content (AvgIpc) is 2.65. The number of carbonyl (C=O) groups excluding carboxylic acids is 1. The fraction of sp³-hybridized carbons (Fsp3) is 0.167. The quantitative estimate of drug-likeness (QED) is 0.716. The van der Waals surface area contributed by atoms with E-state index < -0.39 is 12.0 Å². The molecule has 2 aromatic carbocycles. The van der Waals surface area contributed by atoms with E-state index in [1.54, 1.807) is 12.1 Å². The Balaban J connectivity index is 1.51. The summed E-state index contributed by atoms with van der Waals surface area (Å²) in [5, 5.41) is 12.5. The van der Waals surface area contributed by atoms with Gasteiger partial charge in [0, 0.05) is 6.54 Å². The van der Waals surface area contributed by atoms with Crippen molar-refractivity contribution in [3.63, 3.8) is 0 Å². The van der Waals surface area contributed by atoms with E-state index in [0.717, 1.165) is 0 Å². The summed E-state index contributed by atoms with van der Waals surface area (Å²) in [6.45, 7) is -0.0379. The molecule has 0 fully saturated rings. The number of nitrogens with one attached hydrogen (secondary N) is 1. The predicted molar refractivity (Wildman–Crippen MR) is 89.8 cm³/mol. The summed E-state index contributed by atoms with van der Waals surface area (Å²) in [5.74, 6) is -0.358. The van der Waals surface area contributed by atoms with Crippen molar-refractivity contribution in [1.82, 2.24) is 15.3 Å². The molecule has 0 spiro atoms. The van der Waals surface area contributed by atoms with Gasteiger partial charge >= 0.3 is 0 Å². The maximum atomic E-state index is 12.8. The van der Waals surface area contributed by atoms with E-state index in [0.29, 0.717) is 16.8 Å². The van der Waals surface area contributed by atoms with E-state index in [-0.39, 0.29) is 24.7 Å². The molecule has 128 valence electrons. The Hall–Kier alpha value is -3.06. The van der Waals surface area contributed by atoms with Gasteiger partial charge in [0.2, 0.25) is 0 Å². The summed E-state index contributed by atoms with van der Waals surface area (Å²) in [4.78, 5) is 20.5. The van der Waals surface area contributed by atoms with Gasteiger partial charge in [-0.05, 0) is 36.4 Å². The molecule has 1 amide bonds. The van der Waals surface area contributed by atoms with Crippen LogP contribution in [-0.4, -0.2) is 40.2 Å². The number of para-hydroxylation sites is 2. The first kappa shape index (κ1) is 16.8. The number of fused-ring (bicyclic) bond motifs is 1. The number of rotatable bonds is 6. The minimum Gasteiger partial charge on any atom is -0.491 e. The van der Waals surface area contributed by atoms with Crippen LogP contribution in [0.5, 0.6) is 5.75 Å². The highest BCUT2D eigenvalue weighted by atomic mass is 19.1. The Morgan fingerprint density at radius 3 is 2.64 bits per heavy atom. The van der Waals surface area contributed by atoms with Crippen LogP contribution in [0.25, 0.3) is 11.0 Å². The van der Waals surface area contributed by atoms with Gasteiger partial charge in [-0.2, -0.15) is 0 Å². The third kappa shape index (κ3) is 4.48. The van der Waals surface area contributed by atoms with Gasteiger partial charge in [0.05, 0.1) is 17.2 Å². The minimum absolute atomic E-state index is 0.00542. The first-order chi connectivity index (χ1) is 12.1. The first-order valence-corrected chi connectivity index (χ1v) is 7.68. The van der Waals surface area contributed by atoms with E-state index in [9.17, 15) is 14.3 Å². The van der Waals surface area contributed by atoms with Gasteiger partial charge in [0.1, 0.15) is 30.0 Å². The van der Waals surface area contributed by atoms with Crippen molar-refractivity contribution in [2.75, 3.05) is 13.2 Å². The maximum Gasteiger partial charge on any atom is 0.271 e. The normalized spacial score (nSPS) is 11.9. The lowest BCUT2D eigenvalue weighted by molar-refractivity contribution is 0.0839. The second-order valence-corrected chi connectivity index (χ2v) is 5.37. The van der Waals surface area contributed by atoms with Crippen LogP contribution in [0.15, 0.2) is 54.7 Å². The standard InChI is InChI=1S/C18H16FN3O3/c19-12-5-7-14(8-6-12)25-11-13(23)9-21-18(24)17-10-20-15-3-1-2-4-16(15)22-17/h1-8,10,13,23H,9,11H2,(H,21,24)/t13-/m0/s1. The number of amides is 1. The number of hydrogen-bond acceptors (Lipinski definition) is 5. The smallest absolute Gasteiger partial charge is 0.271 e. The maximum absolute atomic E-state index is 12.8. The van der Waals surface area contributed by atoms with E-state index in [2.05, 4.69) is 15.3 Å². The topological polar surface area (TPSA) is 84.3 Å². The van der Waals surface area contributed by atoms with Crippen LogP contribution in [0.3, 0.4) is 0 Å². The third-order valence-electron chi connectivity index (χ3n) is 3.44. The van der Waals surface area contributed by atoms with Crippen molar-refractivity contribution in [1.29, 1.82) is 0 Å². The van der Waals surface area contributed by atoms with Crippen LogP contribution >= 0.6 is 0 Å². The Labute approximate surface area is 143 Å². The molecule has 7 heteroatoms. The van der Waals surface area contributed by atoms with Crippen LogP contribution in [0.2, 0.25) is 0 Å². The molecule has 0 bridgehead atoms. The van der Waals surface area contributed by atoms with Crippen molar-refractivity contribution in [3.05, 3.63) is 66.2 Å². The Morgan fingerprint density at radius 2 is 1.88 bits per heavy atom. The van der Waals surface area contributed by atoms with Crippen LogP contribution in [0.4, 0.5) is 4.39 Å². The van der Waals surface area contributed by atoms with Gasteiger partial charge in [-0.1, -0.05) is 12.1 Å². The number of benzene rings is 2. The summed E-state index contributed by atoms with van der Waals surface area (Å²) in [7, 11) is 0. The molecule has 1 atom stereocenters. The number of halogens is 1. The minimum atomic E-state index is -0.914. The zero-order valence-electron chi connectivity index (χ0n) is 13.2. The molecule has 1 aromatic heterocycles. The largest absolute Gasteiger partial charge is 0.491 e. The fourth-order valence-corrected chi connectivity index (χ4v) is 2.15. The van der Waals surface area contributed by atoms with E-state index in [1.807, 2.05) is 12.1 Å². The predicted octanol–water partition coefficient (Wildman–Crippen LogP) is 1.94. The van der Waals surface area contributed by atoms with Crippen LogP contribution in [0.1, 0.15) is 10.5 Å². The van der Waals surface area contributed by atoms with Gasteiger partial charge in [-0.3, -0.25) is 9.78 Å². The van der Waals surface area contributed by atoms with Crippen molar-refractivity contribution in [3.8, 4) is 5.75 Å². The van der Waals surface area contributed by atoms with E-state index in [4.69, 9.17) is 4.74 Å². The van der Waals surface area contributed by atoms with Gasteiger partial charge in [-0.15, -0.1) is 0 Å². The average molecular weight is 341 g/mol. The molecule has 0 radical (unpaired) electrons. The Morgan fingerprint density at radius 1 is 1.16 bits per heavy atom. The van der Waals surface area contributed by atoms with Gasteiger partial charge in [-0.25, -0.2) is 9.37 Å². The molecule has 0 aliphatic carbocycles. The van der Waals surface area contributed by atoms with Crippen molar-refractivity contribution in [2.24, 2.45) is 0 Å². The van der Waals surface area contributed by atoms with Gasteiger partial charge in [0.15, 0.2) is 0 Å². The van der Waals surface area contributed by atoms with Crippen molar-refractivity contribution >= 4 is 16.9 Å². The number of hydrogen-bond donors (Lipinski definition) is 2. The van der Waals surface area contributed by atoms with Crippen LogP contribution < -0.4 is 10.1 Å². The van der Waals surface area contributed by atoms with Crippen LogP contribution in [-0.2, 0) is 0 Å². The second-order valence-electron chi connectivity index (χ2n) is 5.37. The molecular formula is C18H16FN3O3. The molecule has 2 N–H and O–H groups in total. The summed E-state index contributed by atoms with van der Waals surface area (Å²) < 4.78 is 18.1. The number of carbonyl (C=O) groups is 1. The molecule has 0 saturated heterocycles. The Kier molecular flexibility index (Phi) is 5.15. The summed E-state index contributed by atoms with van der Waals surface area (Å²) in [5.41, 5.74) is 1.49. The number of aliphatic hydroxyl groups excluding tert-OH is 1. The molecule has 1 heterocycles. The summed E-state index contributed by atoms with van der Waals surface area (Å²) in [6.07, 6.45) is 0.474. The second kappa shape index (κ2) is 7.67. The molecular weight excluding hydrogens is 325 g/mol. The van der Waals surface area contributed by atoms with E-state index in [1.165, 1.54) is 30.5 Å². The summed E-state index contributed by atoms with van der Waals surface area (Å²) in [6, 6.07) is 12.7. The molecule has 0 unspecified atom stereocenters. The molecule has 0 aliphatic heterocycles. The lowest BCUT2D eigenvalue weighted by atomic mass is 10.3. The van der Waals surface area contributed by atoms with Gasteiger partial charge < -0.3 is 15.2 Å². The highest BCUT2D eigenvalue weighted by Crippen LogP contribution is 2.11. The fourth-order valence-electron chi connectivity index (χ4n) is 2.15. The highest BCUT2D eigenvalue weighted by molar-refractivity contribution is 5.93. The molecule has 0 saturated carbocycles. The molecule has 25 heavy (non-hydrogen) atoms. The number of aromatic nitrogens is 2. The zero-order valence-corrected chi connectivity index (χ0v) is 13.2. The molecule has 3 rings (SSSR count). The monoisotopic (exact) mass is 341 g/mol. The lowest BCUT2D eigenvalue weighted by Crippen LogP contribution is -2.35. The first-order valence-electron chi connectivity index (χ1n) is 7.68. The highest BCUT2D eigenvalue weighted by Gasteiger charge is 2.12. The number of ether oxygens (including phenoxy) is 1. The molecule has 0 aliphatic rings. The zero-order chi connectivity index (χ0) is 17.6. The SMILES string of the molecule is O=C(NC[C@H](O)COc1ccc(F)cc1)c1cnc2ccccc2n1. The van der Waals surface area contributed by atoms with Crippen LogP contribution in [0, 0.1) is 5.82 Å². The Bertz CT molecular complexity index is 871. The molecule has 6 nitrogen and oxygen atoms in total. The van der Waals surface area contributed by atoms with E-state index >= 15 is 0 Å². The lowest BCUT2D eigenvalue weighted by Gasteiger charge is -2.13. The van der Waals surface area contributed by atoms with Crippen molar-refractivity contribution < 1.29 is 19.0 Å². The van der Waals surface area contributed by atoms with Gasteiger partial charge in [0.25, 0.3) is 5.91 Å². The number of aliphatic hydroxyl groups is 1.